The van der Waals surface area contributed by atoms with Crippen LogP contribution in [0.5, 0.6) is 11.5 Å². The molecule has 156 valence electrons. The second-order valence-corrected chi connectivity index (χ2v) is 6.93. The lowest BCUT2D eigenvalue weighted by Gasteiger charge is -2.14. The smallest absolute Gasteiger partial charge is 0.125 e. The van der Waals surface area contributed by atoms with Crippen LogP contribution in [0.3, 0.4) is 0 Å². The minimum atomic E-state index is 0.591. The van der Waals surface area contributed by atoms with Crippen molar-refractivity contribution in [2.24, 2.45) is 5.16 Å². The molecular weight excluding hydrogens is 364 g/mol. The number of aryl methyl sites for hydroxylation is 3. The Morgan fingerprint density at radius 2 is 1.83 bits per heavy atom. The molecule has 0 saturated heterocycles. The van der Waals surface area contributed by atoms with E-state index < -0.39 is 0 Å². The molecule has 29 heavy (non-hydrogen) atoms. The Bertz CT molecular complexity index is 775. The third-order valence-corrected chi connectivity index (χ3v) is 4.49. The third-order valence-electron chi connectivity index (χ3n) is 4.49. The monoisotopic (exact) mass is 396 g/mol. The Morgan fingerprint density at radius 1 is 1.03 bits per heavy atom. The van der Waals surface area contributed by atoms with Crippen molar-refractivity contribution in [2.75, 3.05) is 20.3 Å². The van der Waals surface area contributed by atoms with E-state index in [9.17, 15) is 0 Å². The van der Waals surface area contributed by atoms with Crippen molar-refractivity contribution in [3.8, 4) is 11.5 Å². The van der Waals surface area contributed by atoms with Gasteiger partial charge in [-0.25, -0.2) is 0 Å². The molecule has 0 fully saturated rings. The van der Waals surface area contributed by atoms with Crippen LogP contribution in [0.1, 0.15) is 48.6 Å². The number of hydrogen-bond donors (Lipinski definition) is 0. The molecule has 1 heterocycles. The van der Waals surface area contributed by atoms with Crippen LogP contribution in [-0.2, 0) is 11.3 Å². The first-order valence-corrected chi connectivity index (χ1v) is 10.1. The molecule has 0 amide bonds. The van der Waals surface area contributed by atoms with E-state index >= 15 is 0 Å². The van der Waals surface area contributed by atoms with Gasteiger partial charge in [0.1, 0.15) is 25.2 Å². The quantitative estimate of drug-likeness (QED) is 0.208. The molecule has 0 aliphatic rings. The SMILES string of the molecule is C/C=C/COc1cc(C)c(OCCCCCc2ccc(C=NOC)cn2)c(C)c1. The highest BCUT2D eigenvalue weighted by atomic mass is 16.6. The van der Waals surface area contributed by atoms with E-state index in [0.717, 1.165) is 66.2 Å². The third kappa shape index (κ3) is 7.98. The summed E-state index contributed by atoms with van der Waals surface area (Å²) in [7, 11) is 1.53. The number of ether oxygens (including phenoxy) is 2. The lowest BCUT2D eigenvalue weighted by atomic mass is 10.1. The van der Waals surface area contributed by atoms with Gasteiger partial charge in [0.25, 0.3) is 0 Å². The maximum atomic E-state index is 6.04. The molecule has 0 radical (unpaired) electrons. The number of oxime groups is 1. The Hall–Kier alpha value is -2.82. The number of rotatable bonds is 12. The molecule has 2 aromatic rings. The standard InChI is InChI=1S/C24H32N2O3/c1-5-6-13-28-23-15-19(2)24(20(3)16-23)29-14-9-7-8-10-22-12-11-21(17-25-22)18-26-27-4/h5-6,11-12,15-18H,7-10,13-14H2,1-4H3/b6-5+,26-18?. The zero-order valence-corrected chi connectivity index (χ0v) is 18.0. The van der Waals surface area contributed by atoms with Gasteiger partial charge in [-0.1, -0.05) is 17.3 Å². The number of unbranched alkanes of at least 4 members (excludes halogenated alkanes) is 2. The summed E-state index contributed by atoms with van der Waals surface area (Å²) in [6, 6.07) is 8.13. The number of aromatic nitrogens is 1. The lowest BCUT2D eigenvalue weighted by Crippen LogP contribution is -2.02. The molecule has 1 aromatic heterocycles. The van der Waals surface area contributed by atoms with Crippen LogP contribution in [0.25, 0.3) is 0 Å². The number of pyridine rings is 1. The molecule has 1 aromatic carbocycles. The van der Waals surface area contributed by atoms with Crippen molar-refractivity contribution in [1.82, 2.24) is 4.98 Å². The zero-order chi connectivity index (χ0) is 20.9. The molecule has 0 saturated carbocycles. The topological polar surface area (TPSA) is 52.9 Å². The van der Waals surface area contributed by atoms with Crippen molar-refractivity contribution >= 4 is 6.21 Å². The van der Waals surface area contributed by atoms with Crippen LogP contribution < -0.4 is 9.47 Å². The minimum absolute atomic E-state index is 0.591. The average Bonchev–Trinajstić information content (AvgIpc) is 2.71. The van der Waals surface area contributed by atoms with Crippen molar-refractivity contribution in [2.45, 2.75) is 46.5 Å². The molecule has 0 N–H and O–H groups in total. The van der Waals surface area contributed by atoms with Crippen molar-refractivity contribution in [1.29, 1.82) is 0 Å². The highest BCUT2D eigenvalue weighted by Crippen LogP contribution is 2.28. The minimum Gasteiger partial charge on any atom is -0.493 e. The van der Waals surface area contributed by atoms with Crippen molar-refractivity contribution in [3.05, 3.63) is 65.0 Å². The fraction of sp³-hybridized carbons (Fsp3) is 0.417. The predicted octanol–water partition coefficient (Wildman–Crippen LogP) is 5.43. The molecule has 0 spiro atoms. The fourth-order valence-electron chi connectivity index (χ4n) is 3.00. The van der Waals surface area contributed by atoms with E-state index in [1.54, 1.807) is 6.21 Å². The first-order chi connectivity index (χ1) is 14.1. The summed E-state index contributed by atoms with van der Waals surface area (Å²) in [5, 5.41) is 3.74. The first-order valence-electron chi connectivity index (χ1n) is 10.1. The van der Waals surface area contributed by atoms with Gasteiger partial charge in [-0.3, -0.25) is 4.98 Å². The van der Waals surface area contributed by atoms with E-state index in [0.29, 0.717) is 6.61 Å². The van der Waals surface area contributed by atoms with Gasteiger partial charge in [0.15, 0.2) is 0 Å². The second-order valence-electron chi connectivity index (χ2n) is 6.93. The van der Waals surface area contributed by atoms with E-state index in [1.807, 2.05) is 49.5 Å². The molecule has 0 bridgehead atoms. The van der Waals surface area contributed by atoms with E-state index in [2.05, 4.69) is 28.8 Å². The molecule has 0 aliphatic heterocycles. The molecule has 0 atom stereocenters. The molecular formula is C24H32N2O3. The van der Waals surface area contributed by atoms with Crippen LogP contribution in [0.15, 0.2) is 47.8 Å². The zero-order valence-electron chi connectivity index (χ0n) is 18.0. The summed E-state index contributed by atoms with van der Waals surface area (Å²) < 4.78 is 11.8. The van der Waals surface area contributed by atoms with Gasteiger partial charge >= 0.3 is 0 Å². The average molecular weight is 397 g/mol. The van der Waals surface area contributed by atoms with Gasteiger partial charge < -0.3 is 14.3 Å². The van der Waals surface area contributed by atoms with Gasteiger partial charge in [0.05, 0.1) is 12.8 Å². The Kier molecular flexibility index (Phi) is 9.76. The summed E-state index contributed by atoms with van der Waals surface area (Å²) in [6.07, 6.45) is 11.6. The van der Waals surface area contributed by atoms with E-state index in [4.69, 9.17) is 9.47 Å². The maximum absolute atomic E-state index is 6.04. The van der Waals surface area contributed by atoms with Crippen LogP contribution in [0, 0.1) is 13.8 Å². The summed E-state index contributed by atoms with van der Waals surface area (Å²) in [4.78, 5) is 9.13. The van der Waals surface area contributed by atoms with Gasteiger partial charge in [0, 0.05) is 17.5 Å². The maximum Gasteiger partial charge on any atom is 0.125 e. The van der Waals surface area contributed by atoms with Gasteiger partial charge in [-0.05, 0) is 81.8 Å². The normalized spacial score (nSPS) is 11.3. The summed E-state index contributed by atoms with van der Waals surface area (Å²) in [5.41, 5.74) is 4.26. The summed E-state index contributed by atoms with van der Waals surface area (Å²) in [6.45, 7) is 7.44. The molecule has 5 heteroatoms. The second kappa shape index (κ2) is 12.6. The van der Waals surface area contributed by atoms with E-state index in [-0.39, 0.29) is 0 Å². The number of hydrogen-bond acceptors (Lipinski definition) is 5. The van der Waals surface area contributed by atoms with Crippen LogP contribution in [0.4, 0.5) is 0 Å². The Labute approximate surface area is 174 Å². The lowest BCUT2D eigenvalue weighted by molar-refractivity contribution is 0.215. The Morgan fingerprint density at radius 3 is 2.48 bits per heavy atom. The van der Waals surface area contributed by atoms with Gasteiger partial charge in [0.2, 0.25) is 0 Å². The number of benzene rings is 1. The first kappa shape index (κ1) is 22.5. The van der Waals surface area contributed by atoms with Gasteiger partial charge in [-0.15, -0.1) is 0 Å². The fourth-order valence-corrected chi connectivity index (χ4v) is 3.00. The molecule has 5 nitrogen and oxygen atoms in total. The highest BCUT2D eigenvalue weighted by Gasteiger charge is 2.07. The van der Waals surface area contributed by atoms with Crippen LogP contribution in [-0.4, -0.2) is 31.5 Å². The number of nitrogens with zero attached hydrogens (tertiary/aromatic N) is 2. The van der Waals surface area contributed by atoms with Crippen LogP contribution in [0.2, 0.25) is 0 Å². The highest BCUT2D eigenvalue weighted by molar-refractivity contribution is 5.78. The summed E-state index contributed by atoms with van der Waals surface area (Å²) in [5.74, 6) is 1.86. The largest absolute Gasteiger partial charge is 0.493 e. The number of allylic oxidation sites excluding steroid dienone is 1. The Balaban J connectivity index is 1.70. The van der Waals surface area contributed by atoms with Crippen LogP contribution >= 0.6 is 0 Å². The van der Waals surface area contributed by atoms with E-state index in [1.165, 1.54) is 7.11 Å². The van der Waals surface area contributed by atoms with Crippen molar-refractivity contribution < 1.29 is 14.3 Å². The van der Waals surface area contributed by atoms with Crippen molar-refractivity contribution in [3.63, 3.8) is 0 Å². The molecule has 0 unspecified atom stereocenters. The molecule has 2 rings (SSSR count). The predicted molar refractivity (Wildman–Crippen MR) is 118 cm³/mol. The summed E-state index contributed by atoms with van der Waals surface area (Å²) >= 11 is 0. The molecule has 0 aliphatic carbocycles. The van der Waals surface area contributed by atoms with Gasteiger partial charge in [-0.2, -0.15) is 0 Å².